The fourth-order valence-corrected chi connectivity index (χ4v) is 2.88. The van der Waals surface area contributed by atoms with Crippen LogP contribution in [0.15, 0.2) is 34.9 Å². The summed E-state index contributed by atoms with van der Waals surface area (Å²) in [5.41, 5.74) is 1.62. The van der Waals surface area contributed by atoms with Crippen molar-refractivity contribution in [1.82, 2.24) is 5.16 Å². The molecule has 1 aromatic heterocycles. The molecule has 1 fully saturated rings. The summed E-state index contributed by atoms with van der Waals surface area (Å²) < 4.78 is 10.3. The van der Waals surface area contributed by atoms with Gasteiger partial charge in [0.25, 0.3) is 0 Å². The number of amides is 2. The third-order valence-electron chi connectivity index (χ3n) is 4.10. The molecular weight excluding hydrogens is 336 g/mol. The highest BCUT2D eigenvalue weighted by Crippen LogP contribution is 2.30. The van der Waals surface area contributed by atoms with Gasteiger partial charge in [-0.1, -0.05) is 17.3 Å². The van der Waals surface area contributed by atoms with Crippen molar-refractivity contribution in [2.45, 2.75) is 13.8 Å². The summed E-state index contributed by atoms with van der Waals surface area (Å²) >= 11 is 0. The number of anilines is 3. The summed E-state index contributed by atoms with van der Waals surface area (Å²) in [5.74, 6) is 0.376. The van der Waals surface area contributed by atoms with Crippen LogP contribution in [0.2, 0.25) is 0 Å². The SMILES string of the molecule is CC(=O)N(CC(=O)Nc1cc(C)on1)c1ccccc1N1CCOCC1. The number of carbonyl (C=O) groups is 2. The molecule has 1 aliphatic rings. The Balaban J connectivity index is 1.79. The van der Waals surface area contributed by atoms with E-state index in [0.717, 1.165) is 18.8 Å². The molecule has 8 nitrogen and oxygen atoms in total. The highest BCUT2D eigenvalue weighted by molar-refractivity contribution is 6.03. The number of benzene rings is 1. The second-order valence-electron chi connectivity index (χ2n) is 6.06. The molecule has 2 amide bonds. The highest BCUT2D eigenvalue weighted by atomic mass is 16.5. The quantitative estimate of drug-likeness (QED) is 0.877. The van der Waals surface area contributed by atoms with Crippen LogP contribution in [-0.4, -0.2) is 49.8 Å². The molecule has 1 aromatic carbocycles. The molecule has 0 radical (unpaired) electrons. The number of aromatic nitrogens is 1. The molecule has 1 N–H and O–H groups in total. The van der Waals surface area contributed by atoms with E-state index in [1.807, 2.05) is 24.3 Å². The van der Waals surface area contributed by atoms with Crippen LogP contribution < -0.4 is 15.1 Å². The van der Waals surface area contributed by atoms with E-state index in [-0.39, 0.29) is 18.4 Å². The van der Waals surface area contributed by atoms with Crippen molar-refractivity contribution in [3.63, 3.8) is 0 Å². The maximum atomic E-state index is 12.4. The van der Waals surface area contributed by atoms with E-state index in [1.54, 1.807) is 13.0 Å². The maximum Gasteiger partial charge on any atom is 0.245 e. The van der Waals surface area contributed by atoms with Crippen LogP contribution >= 0.6 is 0 Å². The number of ether oxygens (including phenoxy) is 1. The Hall–Kier alpha value is -2.87. The lowest BCUT2D eigenvalue weighted by atomic mass is 10.2. The molecule has 8 heteroatoms. The Bertz CT molecular complexity index is 783. The molecule has 3 rings (SSSR count). The molecule has 0 atom stereocenters. The van der Waals surface area contributed by atoms with Gasteiger partial charge in [-0.15, -0.1) is 0 Å². The van der Waals surface area contributed by atoms with E-state index in [9.17, 15) is 9.59 Å². The first kappa shape index (κ1) is 17.9. The zero-order chi connectivity index (χ0) is 18.5. The van der Waals surface area contributed by atoms with Gasteiger partial charge in [0.2, 0.25) is 11.8 Å². The molecule has 1 aliphatic heterocycles. The molecule has 26 heavy (non-hydrogen) atoms. The standard InChI is InChI=1S/C18H22N4O4/c1-13-11-17(20-26-13)19-18(24)12-22(14(2)23)16-6-4-3-5-15(16)21-7-9-25-10-8-21/h3-6,11H,7-10,12H2,1-2H3,(H,19,20,24). The second kappa shape index (κ2) is 8.01. The lowest BCUT2D eigenvalue weighted by Gasteiger charge is -2.33. The summed E-state index contributed by atoms with van der Waals surface area (Å²) in [4.78, 5) is 28.2. The minimum Gasteiger partial charge on any atom is -0.378 e. The van der Waals surface area contributed by atoms with Crippen molar-refractivity contribution in [1.29, 1.82) is 0 Å². The lowest BCUT2D eigenvalue weighted by molar-refractivity contribution is -0.120. The van der Waals surface area contributed by atoms with Crippen LogP contribution in [-0.2, 0) is 14.3 Å². The van der Waals surface area contributed by atoms with Crippen molar-refractivity contribution in [2.24, 2.45) is 0 Å². The zero-order valence-electron chi connectivity index (χ0n) is 14.9. The van der Waals surface area contributed by atoms with E-state index in [2.05, 4.69) is 15.4 Å². The van der Waals surface area contributed by atoms with Gasteiger partial charge < -0.3 is 24.4 Å². The third kappa shape index (κ3) is 4.20. The van der Waals surface area contributed by atoms with E-state index >= 15 is 0 Å². The molecule has 0 saturated carbocycles. The van der Waals surface area contributed by atoms with Gasteiger partial charge in [-0.05, 0) is 19.1 Å². The van der Waals surface area contributed by atoms with Crippen LogP contribution in [0.5, 0.6) is 0 Å². The predicted molar refractivity (Wildman–Crippen MR) is 97.4 cm³/mol. The summed E-state index contributed by atoms with van der Waals surface area (Å²) in [6.45, 7) is 5.84. The number of rotatable bonds is 5. The second-order valence-corrected chi connectivity index (χ2v) is 6.06. The van der Waals surface area contributed by atoms with Gasteiger partial charge in [0.1, 0.15) is 12.3 Å². The Morgan fingerprint density at radius 2 is 2.00 bits per heavy atom. The fraction of sp³-hybridized carbons (Fsp3) is 0.389. The molecule has 2 heterocycles. The number of aryl methyl sites for hydroxylation is 1. The van der Waals surface area contributed by atoms with Gasteiger partial charge in [-0.3, -0.25) is 9.59 Å². The molecule has 0 unspecified atom stereocenters. The van der Waals surface area contributed by atoms with Crippen molar-refractivity contribution in [3.05, 3.63) is 36.1 Å². The van der Waals surface area contributed by atoms with Gasteiger partial charge >= 0.3 is 0 Å². The van der Waals surface area contributed by atoms with E-state index in [4.69, 9.17) is 9.26 Å². The minimum atomic E-state index is -0.342. The van der Waals surface area contributed by atoms with Crippen LogP contribution in [0.4, 0.5) is 17.2 Å². The predicted octanol–water partition coefficient (Wildman–Crippen LogP) is 1.81. The van der Waals surface area contributed by atoms with Crippen LogP contribution in [0.25, 0.3) is 0 Å². The number of carbonyl (C=O) groups excluding carboxylic acids is 2. The van der Waals surface area contributed by atoms with E-state index in [0.29, 0.717) is 30.5 Å². The Morgan fingerprint density at radius 3 is 2.65 bits per heavy atom. The average Bonchev–Trinajstić information content (AvgIpc) is 3.05. The first-order valence-electron chi connectivity index (χ1n) is 8.47. The number of hydrogen-bond donors (Lipinski definition) is 1. The smallest absolute Gasteiger partial charge is 0.245 e. The lowest BCUT2D eigenvalue weighted by Crippen LogP contribution is -2.40. The Labute approximate surface area is 151 Å². The monoisotopic (exact) mass is 358 g/mol. The number of para-hydroxylation sites is 2. The fourth-order valence-electron chi connectivity index (χ4n) is 2.88. The topological polar surface area (TPSA) is 87.9 Å². The summed E-state index contributed by atoms with van der Waals surface area (Å²) in [6.07, 6.45) is 0. The molecule has 1 saturated heterocycles. The molecule has 0 bridgehead atoms. The molecule has 0 spiro atoms. The Morgan fingerprint density at radius 1 is 1.27 bits per heavy atom. The highest BCUT2D eigenvalue weighted by Gasteiger charge is 2.22. The van der Waals surface area contributed by atoms with Gasteiger partial charge in [0.15, 0.2) is 5.82 Å². The van der Waals surface area contributed by atoms with Crippen LogP contribution in [0.3, 0.4) is 0 Å². The van der Waals surface area contributed by atoms with E-state index in [1.165, 1.54) is 11.8 Å². The summed E-state index contributed by atoms with van der Waals surface area (Å²) in [6, 6.07) is 9.20. The van der Waals surface area contributed by atoms with Gasteiger partial charge in [-0.2, -0.15) is 0 Å². The summed E-state index contributed by atoms with van der Waals surface area (Å²) in [7, 11) is 0. The van der Waals surface area contributed by atoms with Crippen molar-refractivity contribution in [2.75, 3.05) is 48.0 Å². The molecular formula is C18H22N4O4. The number of hydrogen-bond acceptors (Lipinski definition) is 6. The van der Waals surface area contributed by atoms with E-state index < -0.39 is 0 Å². The minimum absolute atomic E-state index is 0.109. The van der Waals surface area contributed by atoms with Crippen LogP contribution in [0.1, 0.15) is 12.7 Å². The van der Waals surface area contributed by atoms with Gasteiger partial charge in [0, 0.05) is 26.1 Å². The first-order valence-corrected chi connectivity index (χ1v) is 8.47. The third-order valence-corrected chi connectivity index (χ3v) is 4.10. The van der Waals surface area contributed by atoms with Crippen molar-refractivity contribution < 1.29 is 18.8 Å². The number of nitrogens with one attached hydrogen (secondary N) is 1. The first-order chi connectivity index (χ1) is 12.5. The average molecular weight is 358 g/mol. The number of morpholine rings is 1. The summed E-state index contributed by atoms with van der Waals surface area (Å²) in [5, 5.41) is 6.38. The van der Waals surface area contributed by atoms with Crippen molar-refractivity contribution in [3.8, 4) is 0 Å². The normalized spacial score (nSPS) is 14.2. The van der Waals surface area contributed by atoms with Gasteiger partial charge in [-0.25, -0.2) is 0 Å². The van der Waals surface area contributed by atoms with Crippen LogP contribution in [0, 0.1) is 6.92 Å². The maximum absolute atomic E-state index is 12.4. The molecule has 2 aromatic rings. The molecule has 138 valence electrons. The Kier molecular flexibility index (Phi) is 5.52. The largest absolute Gasteiger partial charge is 0.378 e. The molecule has 0 aliphatic carbocycles. The number of nitrogens with zero attached hydrogens (tertiary/aromatic N) is 3. The zero-order valence-corrected chi connectivity index (χ0v) is 14.9. The van der Waals surface area contributed by atoms with Gasteiger partial charge in [0.05, 0.1) is 24.6 Å². The van der Waals surface area contributed by atoms with Crippen molar-refractivity contribution >= 4 is 29.0 Å².